The first kappa shape index (κ1) is 26.4. The summed E-state index contributed by atoms with van der Waals surface area (Å²) < 4.78 is 9.52. The minimum Gasteiger partial charge on any atom is -0.467 e. The summed E-state index contributed by atoms with van der Waals surface area (Å²) in [7, 11) is 2.52. The lowest BCUT2D eigenvalue weighted by Crippen LogP contribution is -2.45. The molecule has 0 bridgehead atoms. The fraction of sp³-hybridized carbons (Fsp3) is 0.417. The quantitative estimate of drug-likeness (QED) is 0.531. The zero-order valence-corrected chi connectivity index (χ0v) is 20.1. The summed E-state index contributed by atoms with van der Waals surface area (Å²) in [5.41, 5.74) is 1.24. The third kappa shape index (κ3) is 6.60. The monoisotopic (exact) mass is 470 g/mol. The van der Waals surface area contributed by atoms with Gasteiger partial charge in [-0.15, -0.1) is 0 Å². The van der Waals surface area contributed by atoms with Crippen molar-refractivity contribution in [1.82, 2.24) is 20.6 Å². The highest BCUT2D eigenvalue weighted by Gasteiger charge is 2.27. The molecule has 0 spiro atoms. The smallest absolute Gasteiger partial charge is 0.328 e. The minimum absolute atomic E-state index is 0.172. The van der Waals surface area contributed by atoms with E-state index < -0.39 is 35.8 Å². The first-order valence-corrected chi connectivity index (χ1v) is 10.8. The number of carbonyl (C=O) groups is 4. The maximum Gasteiger partial charge on any atom is 0.328 e. The summed E-state index contributed by atoms with van der Waals surface area (Å²) in [6, 6.07) is 4.44. The SMILES string of the molecule is COC(=O)[C@@H](NC(=O)c1ccnc(-c2cc(C(=O)N[C@H](C(=O)OC)C(C)C)ccn2)c1)C(C)C. The zero-order valence-electron chi connectivity index (χ0n) is 20.1. The van der Waals surface area contributed by atoms with Crippen LogP contribution in [0.5, 0.6) is 0 Å². The molecule has 0 saturated heterocycles. The van der Waals surface area contributed by atoms with Crippen LogP contribution in [0.2, 0.25) is 0 Å². The molecular formula is C24H30N4O6. The standard InChI is InChI=1S/C24H30N4O6/c1-13(2)19(23(31)33-5)27-21(29)15-7-9-25-17(11-15)18-12-16(8-10-26-18)22(30)28-20(14(3)4)24(32)34-6/h7-14,19-20H,1-6H3,(H,27,29)(H,28,30)/t19-,20-/m0/s1. The lowest BCUT2D eigenvalue weighted by atomic mass is 10.0. The van der Waals surface area contributed by atoms with E-state index in [1.165, 1.54) is 50.9 Å². The van der Waals surface area contributed by atoms with Gasteiger partial charge in [-0.3, -0.25) is 19.6 Å². The summed E-state index contributed by atoms with van der Waals surface area (Å²) in [6.07, 6.45) is 2.88. The van der Waals surface area contributed by atoms with Crippen LogP contribution in [0.25, 0.3) is 11.4 Å². The summed E-state index contributed by atoms with van der Waals surface area (Å²) in [4.78, 5) is 57.9. The predicted octanol–water partition coefficient (Wildman–Crippen LogP) is 2.00. The van der Waals surface area contributed by atoms with E-state index >= 15 is 0 Å². The van der Waals surface area contributed by atoms with E-state index in [2.05, 4.69) is 20.6 Å². The Kier molecular flexibility index (Phi) is 9.23. The molecule has 2 N–H and O–H groups in total. The van der Waals surface area contributed by atoms with Crippen molar-refractivity contribution in [2.75, 3.05) is 14.2 Å². The van der Waals surface area contributed by atoms with E-state index in [0.717, 1.165) is 0 Å². The number of esters is 2. The highest BCUT2D eigenvalue weighted by molar-refractivity contribution is 5.99. The van der Waals surface area contributed by atoms with Crippen LogP contribution in [-0.4, -0.2) is 60.0 Å². The van der Waals surface area contributed by atoms with Crippen LogP contribution in [0.4, 0.5) is 0 Å². The summed E-state index contributed by atoms with van der Waals surface area (Å²) in [6.45, 7) is 7.18. The molecule has 10 heteroatoms. The molecule has 0 aliphatic heterocycles. The Morgan fingerprint density at radius 1 is 0.706 bits per heavy atom. The molecule has 2 aromatic heterocycles. The average Bonchev–Trinajstić information content (AvgIpc) is 2.84. The third-order valence-corrected chi connectivity index (χ3v) is 5.12. The van der Waals surface area contributed by atoms with Gasteiger partial charge in [0, 0.05) is 23.5 Å². The van der Waals surface area contributed by atoms with Crippen molar-refractivity contribution in [3.05, 3.63) is 47.8 Å². The van der Waals surface area contributed by atoms with E-state index in [0.29, 0.717) is 11.4 Å². The van der Waals surface area contributed by atoms with Gasteiger partial charge < -0.3 is 20.1 Å². The van der Waals surface area contributed by atoms with E-state index in [-0.39, 0.29) is 23.0 Å². The van der Waals surface area contributed by atoms with Crippen molar-refractivity contribution in [2.45, 2.75) is 39.8 Å². The first-order valence-electron chi connectivity index (χ1n) is 10.8. The first-order chi connectivity index (χ1) is 16.1. The summed E-state index contributed by atoms with van der Waals surface area (Å²) >= 11 is 0. The molecule has 2 aromatic rings. The van der Waals surface area contributed by atoms with Crippen molar-refractivity contribution in [3.63, 3.8) is 0 Å². The van der Waals surface area contributed by atoms with Gasteiger partial charge >= 0.3 is 11.9 Å². The van der Waals surface area contributed by atoms with Crippen molar-refractivity contribution in [3.8, 4) is 11.4 Å². The molecule has 0 aliphatic rings. The Hall–Kier alpha value is -3.82. The Labute approximate surface area is 198 Å². The van der Waals surface area contributed by atoms with Gasteiger partial charge in [-0.1, -0.05) is 27.7 Å². The van der Waals surface area contributed by atoms with Gasteiger partial charge in [0.05, 0.1) is 25.6 Å². The lowest BCUT2D eigenvalue weighted by molar-refractivity contribution is -0.144. The van der Waals surface area contributed by atoms with Crippen molar-refractivity contribution in [2.24, 2.45) is 11.8 Å². The Morgan fingerprint density at radius 3 is 1.35 bits per heavy atom. The fourth-order valence-electron chi connectivity index (χ4n) is 3.12. The van der Waals surface area contributed by atoms with E-state index in [1.54, 1.807) is 27.7 Å². The number of nitrogens with zero attached hydrogens (tertiary/aromatic N) is 2. The number of ether oxygens (including phenoxy) is 2. The molecule has 2 atom stereocenters. The van der Waals surface area contributed by atoms with Gasteiger partial charge in [-0.2, -0.15) is 0 Å². The molecular weight excluding hydrogens is 440 g/mol. The van der Waals surface area contributed by atoms with Crippen molar-refractivity contribution >= 4 is 23.8 Å². The zero-order chi connectivity index (χ0) is 25.4. The molecule has 0 unspecified atom stereocenters. The number of amides is 2. The number of carbonyl (C=O) groups excluding carboxylic acids is 4. The molecule has 10 nitrogen and oxygen atoms in total. The van der Waals surface area contributed by atoms with Gasteiger partial charge in [0.15, 0.2) is 0 Å². The van der Waals surface area contributed by atoms with Gasteiger partial charge in [0.2, 0.25) is 0 Å². The van der Waals surface area contributed by atoms with Crippen molar-refractivity contribution in [1.29, 1.82) is 0 Å². The molecule has 34 heavy (non-hydrogen) atoms. The second kappa shape index (κ2) is 11.9. The Morgan fingerprint density at radius 2 is 1.06 bits per heavy atom. The molecule has 0 saturated carbocycles. The second-order valence-corrected chi connectivity index (χ2v) is 8.30. The van der Waals surface area contributed by atoms with Crippen molar-refractivity contribution < 1.29 is 28.7 Å². The molecule has 2 amide bonds. The van der Waals surface area contributed by atoms with Gasteiger partial charge in [-0.25, -0.2) is 9.59 Å². The number of hydrogen-bond acceptors (Lipinski definition) is 8. The van der Waals surface area contributed by atoms with Gasteiger partial charge in [0.25, 0.3) is 11.8 Å². The van der Waals surface area contributed by atoms with Gasteiger partial charge in [-0.05, 0) is 36.1 Å². The normalized spacial score (nSPS) is 12.6. The van der Waals surface area contributed by atoms with E-state index in [4.69, 9.17) is 9.47 Å². The molecule has 0 aromatic carbocycles. The van der Waals surface area contributed by atoms with Crippen LogP contribution < -0.4 is 10.6 Å². The number of hydrogen-bond donors (Lipinski definition) is 2. The average molecular weight is 471 g/mol. The molecule has 0 aliphatic carbocycles. The third-order valence-electron chi connectivity index (χ3n) is 5.12. The predicted molar refractivity (Wildman–Crippen MR) is 124 cm³/mol. The largest absolute Gasteiger partial charge is 0.467 e. The number of rotatable bonds is 9. The lowest BCUT2D eigenvalue weighted by Gasteiger charge is -2.20. The van der Waals surface area contributed by atoms with Crippen LogP contribution in [0.15, 0.2) is 36.7 Å². The molecule has 0 radical (unpaired) electrons. The second-order valence-electron chi connectivity index (χ2n) is 8.30. The summed E-state index contributed by atoms with van der Waals surface area (Å²) in [5, 5.41) is 5.34. The highest BCUT2D eigenvalue weighted by atomic mass is 16.5. The minimum atomic E-state index is -0.803. The maximum atomic E-state index is 12.7. The van der Waals surface area contributed by atoms with Crippen LogP contribution in [0, 0.1) is 11.8 Å². The number of nitrogens with one attached hydrogen (secondary N) is 2. The molecule has 2 heterocycles. The van der Waals surface area contributed by atoms with Crippen LogP contribution >= 0.6 is 0 Å². The van der Waals surface area contributed by atoms with Crippen LogP contribution in [-0.2, 0) is 19.1 Å². The Balaban J connectivity index is 2.26. The molecule has 182 valence electrons. The highest BCUT2D eigenvalue weighted by Crippen LogP contribution is 2.18. The Bertz CT molecular complexity index is 970. The van der Waals surface area contributed by atoms with Crippen LogP contribution in [0.1, 0.15) is 48.4 Å². The fourth-order valence-corrected chi connectivity index (χ4v) is 3.12. The van der Waals surface area contributed by atoms with Gasteiger partial charge in [0.1, 0.15) is 12.1 Å². The van der Waals surface area contributed by atoms with E-state index in [1.807, 2.05) is 0 Å². The number of aromatic nitrogens is 2. The topological polar surface area (TPSA) is 137 Å². The summed E-state index contributed by atoms with van der Waals surface area (Å²) in [5.74, 6) is -2.36. The molecule has 2 rings (SSSR count). The maximum absolute atomic E-state index is 12.7. The molecule has 0 fully saturated rings. The van der Waals surface area contributed by atoms with E-state index in [9.17, 15) is 19.2 Å². The number of methoxy groups -OCH3 is 2. The van der Waals surface area contributed by atoms with Crippen LogP contribution in [0.3, 0.4) is 0 Å². The number of pyridine rings is 2.